The van der Waals surface area contributed by atoms with E-state index in [1.165, 1.54) is 0 Å². The van der Waals surface area contributed by atoms with Crippen LogP contribution >= 0.6 is 11.6 Å². The molecule has 1 N–H and O–H groups in total. The Morgan fingerprint density at radius 3 is 2.33 bits per heavy atom. The SMILES string of the molecule is O=C(O)CC(=O)CCCl. The second-order valence-electron chi connectivity index (χ2n) is 1.55. The Morgan fingerprint density at radius 2 is 2.00 bits per heavy atom. The van der Waals surface area contributed by atoms with Crippen molar-refractivity contribution in [3.63, 3.8) is 0 Å². The van der Waals surface area contributed by atoms with Crippen LogP contribution < -0.4 is 0 Å². The van der Waals surface area contributed by atoms with Crippen LogP contribution in [0.25, 0.3) is 0 Å². The van der Waals surface area contributed by atoms with Crippen LogP contribution in [0.5, 0.6) is 0 Å². The van der Waals surface area contributed by atoms with Crippen LogP contribution in [0.3, 0.4) is 0 Å². The molecule has 0 aromatic heterocycles. The van der Waals surface area contributed by atoms with Crippen molar-refractivity contribution in [1.82, 2.24) is 0 Å². The molecule has 0 saturated heterocycles. The molecule has 0 aliphatic heterocycles. The summed E-state index contributed by atoms with van der Waals surface area (Å²) in [6.45, 7) is 0. The number of Topliss-reactive ketones (excluding diaryl/α,β-unsaturated/α-hetero) is 1. The topological polar surface area (TPSA) is 54.4 Å². The van der Waals surface area contributed by atoms with E-state index in [-0.39, 0.29) is 18.1 Å². The van der Waals surface area contributed by atoms with Crippen molar-refractivity contribution in [3.8, 4) is 0 Å². The summed E-state index contributed by atoms with van der Waals surface area (Å²) in [4.78, 5) is 20.2. The second kappa shape index (κ2) is 4.32. The van der Waals surface area contributed by atoms with Gasteiger partial charge in [0.25, 0.3) is 0 Å². The molecule has 0 aromatic rings. The van der Waals surface area contributed by atoms with Gasteiger partial charge in [-0.05, 0) is 0 Å². The Morgan fingerprint density at radius 1 is 1.44 bits per heavy atom. The molecule has 0 spiro atoms. The number of hydrogen-bond donors (Lipinski definition) is 1. The van der Waals surface area contributed by atoms with Gasteiger partial charge in [0.05, 0.1) is 0 Å². The van der Waals surface area contributed by atoms with Gasteiger partial charge in [-0.1, -0.05) is 0 Å². The van der Waals surface area contributed by atoms with Gasteiger partial charge in [-0.2, -0.15) is 0 Å². The van der Waals surface area contributed by atoms with E-state index in [1.807, 2.05) is 0 Å². The first kappa shape index (κ1) is 8.43. The van der Waals surface area contributed by atoms with E-state index in [0.29, 0.717) is 0 Å². The van der Waals surface area contributed by atoms with Crippen molar-refractivity contribution in [2.45, 2.75) is 12.8 Å². The number of aliphatic carboxylic acids is 1. The molecule has 0 amide bonds. The summed E-state index contributed by atoms with van der Waals surface area (Å²) in [6.07, 6.45) is -0.263. The van der Waals surface area contributed by atoms with Gasteiger partial charge in [0.2, 0.25) is 0 Å². The lowest BCUT2D eigenvalue weighted by atomic mass is 10.2. The number of carboxylic acids is 1. The van der Waals surface area contributed by atoms with E-state index in [9.17, 15) is 9.59 Å². The molecule has 0 aliphatic rings. The van der Waals surface area contributed by atoms with Gasteiger partial charge in [0.15, 0.2) is 0 Å². The standard InChI is InChI=1S/C5H7ClO3/c6-2-1-4(7)3-5(8)9/h1-3H2,(H,8,9). The fraction of sp³-hybridized carbons (Fsp3) is 0.600. The molecule has 0 heterocycles. The van der Waals surface area contributed by atoms with E-state index >= 15 is 0 Å². The average Bonchev–Trinajstić information content (AvgIpc) is 1.63. The van der Waals surface area contributed by atoms with Crippen LogP contribution in [0.2, 0.25) is 0 Å². The zero-order valence-electron chi connectivity index (χ0n) is 4.76. The van der Waals surface area contributed by atoms with Crippen molar-refractivity contribution in [2.75, 3.05) is 5.88 Å². The van der Waals surface area contributed by atoms with Crippen LogP contribution in [0.15, 0.2) is 0 Å². The third kappa shape index (κ3) is 5.30. The van der Waals surface area contributed by atoms with Crippen molar-refractivity contribution in [1.29, 1.82) is 0 Å². The summed E-state index contributed by atoms with van der Waals surface area (Å²) in [7, 11) is 0. The van der Waals surface area contributed by atoms with Gasteiger partial charge in [0.1, 0.15) is 12.2 Å². The van der Waals surface area contributed by atoms with Crippen LogP contribution in [0.4, 0.5) is 0 Å². The molecule has 0 bridgehead atoms. The third-order valence-electron chi connectivity index (χ3n) is 0.722. The molecular weight excluding hydrogens is 144 g/mol. The maximum Gasteiger partial charge on any atom is 0.310 e. The fourth-order valence-corrected chi connectivity index (χ4v) is 0.573. The molecule has 0 atom stereocenters. The molecule has 9 heavy (non-hydrogen) atoms. The Bertz CT molecular complexity index is 121. The molecular formula is C5H7ClO3. The summed E-state index contributed by atoms with van der Waals surface area (Å²) in [5.74, 6) is -1.21. The Labute approximate surface area is 57.6 Å². The molecule has 0 radical (unpaired) electrons. The van der Waals surface area contributed by atoms with Crippen molar-refractivity contribution in [3.05, 3.63) is 0 Å². The normalized spacial score (nSPS) is 9.00. The minimum atomic E-state index is -1.09. The van der Waals surface area contributed by atoms with Crippen LogP contribution in [-0.2, 0) is 9.59 Å². The number of carbonyl (C=O) groups excluding carboxylic acids is 1. The zero-order chi connectivity index (χ0) is 7.28. The van der Waals surface area contributed by atoms with E-state index in [1.54, 1.807) is 0 Å². The highest BCUT2D eigenvalue weighted by Crippen LogP contribution is 1.91. The second-order valence-corrected chi connectivity index (χ2v) is 1.93. The molecule has 0 rings (SSSR count). The van der Waals surface area contributed by atoms with E-state index in [2.05, 4.69) is 0 Å². The molecule has 0 saturated carbocycles. The summed E-state index contributed by atoms with van der Waals surface area (Å²) in [5, 5.41) is 8.05. The monoisotopic (exact) mass is 150 g/mol. The van der Waals surface area contributed by atoms with Crippen LogP contribution in [0, 0.1) is 0 Å². The highest BCUT2D eigenvalue weighted by molar-refractivity contribution is 6.19. The summed E-state index contributed by atoms with van der Waals surface area (Å²) in [6, 6.07) is 0. The zero-order valence-corrected chi connectivity index (χ0v) is 5.52. The van der Waals surface area contributed by atoms with E-state index in [0.717, 1.165) is 0 Å². The van der Waals surface area contributed by atoms with Crippen molar-refractivity contribution in [2.24, 2.45) is 0 Å². The number of halogens is 1. The lowest BCUT2D eigenvalue weighted by Crippen LogP contribution is -2.06. The lowest BCUT2D eigenvalue weighted by molar-refractivity contribution is -0.140. The summed E-state index contributed by atoms with van der Waals surface area (Å²) in [5.41, 5.74) is 0. The smallest absolute Gasteiger partial charge is 0.310 e. The number of rotatable bonds is 4. The highest BCUT2D eigenvalue weighted by atomic mass is 35.5. The minimum absolute atomic E-state index is 0.147. The lowest BCUT2D eigenvalue weighted by Gasteiger charge is -1.89. The fourth-order valence-electron chi connectivity index (χ4n) is 0.362. The maximum absolute atomic E-state index is 10.4. The first-order valence-electron chi connectivity index (χ1n) is 2.46. The molecule has 0 aliphatic carbocycles. The predicted octanol–water partition coefficient (Wildman–Crippen LogP) is 0.659. The van der Waals surface area contributed by atoms with E-state index < -0.39 is 12.4 Å². The van der Waals surface area contributed by atoms with Gasteiger partial charge in [-0.25, -0.2) is 0 Å². The summed E-state index contributed by atoms with van der Waals surface area (Å²) < 4.78 is 0. The summed E-state index contributed by atoms with van der Waals surface area (Å²) >= 11 is 5.17. The van der Waals surface area contributed by atoms with Gasteiger partial charge in [-0.3, -0.25) is 9.59 Å². The number of carboxylic acid groups (broad SMARTS) is 1. The average molecular weight is 151 g/mol. The molecule has 4 heteroatoms. The molecule has 52 valence electrons. The van der Waals surface area contributed by atoms with Crippen LogP contribution in [-0.4, -0.2) is 22.7 Å². The molecule has 0 unspecified atom stereocenters. The van der Waals surface area contributed by atoms with Gasteiger partial charge >= 0.3 is 5.97 Å². The number of ketones is 1. The maximum atomic E-state index is 10.4. The number of carbonyl (C=O) groups is 2. The Hall–Kier alpha value is -0.570. The highest BCUT2D eigenvalue weighted by Gasteiger charge is 2.05. The van der Waals surface area contributed by atoms with Gasteiger partial charge < -0.3 is 5.11 Å². The first-order valence-corrected chi connectivity index (χ1v) is 2.99. The van der Waals surface area contributed by atoms with Crippen LogP contribution in [0.1, 0.15) is 12.8 Å². The quantitative estimate of drug-likeness (QED) is 0.473. The number of alkyl halides is 1. The van der Waals surface area contributed by atoms with Gasteiger partial charge in [-0.15, -0.1) is 11.6 Å². The van der Waals surface area contributed by atoms with E-state index in [4.69, 9.17) is 16.7 Å². The molecule has 0 fully saturated rings. The van der Waals surface area contributed by atoms with Crippen molar-refractivity contribution < 1.29 is 14.7 Å². The Balaban J connectivity index is 3.39. The largest absolute Gasteiger partial charge is 0.481 e. The first-order chi connectivity index (χ1) is 4.16. The molecule has 3 nitrogen and oxygen atoms in total. The van der Waals surface area contributed by atoms with Gasteiger partial charge in [0, 0.05) is 12.3 Å². The third-order valence-corrected chi connectivity index (χ3v) is 0.911. The minimum Gasteiger partial charge on any atom is -0.481 e. The predicted molar refractivity (Wildman–Crippen MR) is 32.6 cm³/mol. The Kier molecular flexibility index (Phi) is 4.05. The molecule has 0 aromatic carbocycles. The number of hydrogen-bond acceptors (Lipinski definition) is 2. The van der Waals surface area contributed by atoms with Crippen molar-refractivity contribution >= 4 is 23.4 Å².